The average molecular weight is 241 g/mol. The average Bonchev–Trinajstić information content (AvgIpc) is 2.14. The lowest BCUT2D eigenvalue weighted by molar-refractivity contribution is -0.123. The number of hydrogen-bond acceptors (Lipinski definition) is 3. The summed E-state index contributed by atoms with van der Waals surface area (Å²) in [5, 5.41) is 6.26. The summed E-state index contributed by atoms with van der Waals surface area (Å²) in [6, 6.07) is 0.561. The maximum absolute atomic E-state index is 11.8. The van der Waals surface area contributed by atoms with Crippen molar-refractivity contribution in [3.8, 4) is 0 Å². The van der Waals surface area contributed by atoms with Crippen molar-refractivity contribution in [2.45, 2.75) is 39.7 Å². The van der Waals surface area contributed by atoms with Crippen LogP contribution in [-0.4, -0.2) is 49.6 Å². The molecule has 17 heavy (non-hydrogen) atoms. The number of nitrogens with one attached hydrogen (secondary N) is 2. The second kappa shape index (κ2) is 7.67. The molecule has 1 aliphatic rings. The number of carbonyl (C=O) groups is 1. The van der Waals surface area contributed by atoms with Gasteiger partial charge in [-0.15, -0.1) is 0 Å². The summed E-state index contributed by atoms with van der Waals surface area (Å²) < 4.78 is 0. The highest BCUT2D eigenvalue weighted by atomic mass is 16.2. The molecule has 1 heterocycles. The summed E-state index contributed by atoms with van der Waals surface area (Å²) in [6.45, 7) is 10.9. The van der Waals surface area contributed by atoms with E-state index in [1.807, 2.05) is 0 Å². The number of amides is 1. The molecule has 1 fully saturated rings. The van der Waals surface area contributed by atoms with Gasteiger partial charge in [0.15, 0.2) is 0 Å². The number of nitrogens with zero attached hydrogens (tertiary/aromatic N) is 1. The van der Waals surface area contributed by atoms with E-state index in [1.54, 1.807) is 0 Å². The topological polar surface area (TPSA) is 44.4 Å². The second-order valence-corrected chi connectivity index (χ2v) is 5.32. The van der Waals surface area contributed by atoms with Gasteiger partial charge in [-0.05, 0) is 25.3 Å². The molecule has 4 heteroatoms. The van der Waals surface area contributed by atoms with Crippen molar-refractivity contribution in [3.05, 3.63) is 0 Å². The predicted octanol–water partition coefficient (Wildman–Crippen LogP) is 0.833. The van der Waals surface area contributed by atoms with Gasteiger partial charge in [0.1, 0.15) is 0 Å². The molecule has 2 N–H and O–H groups in total. The molecule has 0 aromatic rings. The summed E-state index contributed by atoms with van der Waals surface area (Å²) >= 11 is 0. The minimum Gasteiger partial charge on any atom is -0.355 e. The Labute approximate surface area is 105 Å². The van der Waals surface area contributed by atoms with E-state index in [9.17, 15) is 4.79 Å². The summed E-state index contributed by atoms with van der Waals surface area (Å²) in [5.74, 6) is 0.823. The molecular weight excluding hydrogens is 214 g/mol. The Morgan fingerprint density at radius 3 is 2.65 bits per heavy atom. The second-order valence-electron chi connectivity index (χ2n) is 5.32. The van der Waals surface area contributed by atoms with Crippen LogP contribution in [0.15, 0.2) is 0 Å². The van der Waals surface area contributed by atoms with Gasteiger partial charge in [-0.2, -0.15) is 0 Å². The van der Waals surface area contributed by atoms with Crippen LogP contribution in [0.5, 0.6) is 0 Å². The van der Waals surface area contributed by atoms with Crippen molar-refractivity contribution >= 4 is 5.91 Å². The van der Waals surface area contributed by atoms with E-state index in [1.165, 1.54) is 0 Å². The molecule has 1 rings (SSSR count). The van der Waals surface area contributed by atoms with Gasteiger partial charge in [-0.25, -0.2) is 0 Å². The van der Waals surface area contributed by atoms with Gasteiger partial charge in [0.2, 0.25) is 5.91 Å². The van der Waals surface area contributed by atoms with Crippen molar-refractivity contribution in [3.63, 3.8) is 0 Å². The molecule has 4 nitrogen and oxygen atoms in total. The smallest absolute Gasteiger partial charge is 0.234 e. The first-order chi connectivity index (χ1) is 8.13. The molecule has 0 aromatic carbocycles. The molecule has 100 valence electrons. The first-order valence-corrected chi connectivity index (χ1v) is 6.85. The van der Waals surface area contributed by atoms with E-state index >= 15 is 0 Å². The van der Waals surface area contributed by atoms with E-state index < -0.39 is 0 Å². The zero-order chi connectivity index (χ0) is 12.7. The fraction of sp³-hybridized carbons (Fsp3) is 0.923. The maximum Gasteiger partial charge on any atom is 0.234 e. The molecule has 0 bridgehead atoms. The van der Waals surface area contributed by atoms with Gasteiger partial charge in [-0.3, -0.25) is 9.69 Å². The highest BCUT2D eigenvalue weighted by molar-refractivity contribution is 5.78. The van der Waals surface area contributed by atoms with Crippen LogP contribution in [0.3, 0.4) is 0 Å². The van der Waals surface area contributed by atoms with Crippen molar-refractivity contribution in [1.82, 2.24) is 15.5 Å². The summed E-state index contributed by atoms with van der Waals surface area (Å²) in [7, 11) is 0. The van der Waals surface area contributed by atoms with Crippen LogP contribution in [-0.2, 0) is 4.79 Å². The lowest BCUT2D eigenvalue weighted by Crippen LogP contribution is -2.59. The van der Waals surface area contributed by atoms with E-state index in [-0.39, 0.29) is 5.91 Å². The summed E-state index contributed by atoms with van der Waals surface area (Å²) in [4.78, 5) is 14.1. The number of carbonyl (C=O) groups excluding carboxylic acids is 1. The maximum atomic E-state index is 11.8. The van der Waals surface area contributed by atoms with Crippen molar-refractivity contribution in [2.24, 2.45) is 5.92 Å². The molecule has 0 aromatic heterocycles. The minimum absolute atomic E-state index is 0.172. The zero-order valence-corrected chi connectivity index (χ0v) is 11.5. The largest absolute Gasteiger partial charge is 0.355 e. The minimum atomic E-state index is 0.172. The Kier molecular flexibility index (Phi) is 6.52. The van der Waals surface area contributed by atoms with Crippen LogP contribution < -0.4 is 10.6 Å². The number of hydrogen-bond donors (Lipinski definition) is 2. The van der Waals surface area contributed by atoms with Gasteiger partial charge < -0.3 is 10.6 Å². The molecule has 0 aliphatic carbocycles. The molecular formula is C13H27N3O. The quantitative estimate of drug-likeness (QED) is 0.662. The normalized spacial score (nSPS) is 16.3. The van der Waals surface area contributed by atoms with Crippen LogP contribution in [0.1, 0.15) is 33.6 Å². The molecule has 0 saturated carbocycles. The third kappa shape index (κ3) is 5.50. The standard InChI is InChI=1S/C13H27N3O/c1-4-7-16(12-8-14-9-12)10-13(17)15-6-5-11(2)3/h11-12,14H,4-10H2,1-3H3,(H,15,17). The van der Waals surface area contributed by atoms with Crippen LogP contribution in [0.2, 0.25) is 0 Å². The fourth-order valence-corrected chi connectivity index (χ4v) is 1.95. The molecule has 0 atom stereocenters. The lowest BCUT2D eigenvalue weighted by atomic mass is 10.1. The number of rotatable bonds is 8. The van der Waals surface area contributed by atoms with E-state index in [0.29, 0.717) is 18.5 Å². The summed E-state index contributed by atoms with van der Waals surface area (Å²) in [5.41, 5.74) is 0. The van der Waals surface area contributed by atoms with E-state index in [4.69, 9.17) is 0 Å². The Morgan fingerprint density at radius 2 is 2.18 bits per heavy atom. The van der Waals surface area contributed by atoms with Crippen LogP contribution in [0, 0.1) is 5.92 Å². The molecule has 0 radical (unpaired) electrons. The predicted molar refractivity (Wildman–Crippen MR) is 71.0 cm³/mol. The third-order valence-corrected chi connectivity index (χ3v) is 3.18. The SMILES string of the molecule is CCCN(CC(=O)NCCC(C)C)C1CNC1. The zero-order valence-electron chi connectivity index (χ0n) is 11.5. The van der Waals surface area contributed by atoms with Gasteiger partial charge in [0.05, 0.1) is 6.54 Å². The molecule has 1 aliphatic heterocycles. The first kappa shape index (κ1) is 14.5. The fourth-order valence-electron chi connectivity index (χ4n) is 1.95. The van der Waals surface area contributed by atoms with Crippen LogP contribution in [0.4, 0.5) is 0 Å². The third-order valence-electron chi connectivity index (χ3n) is 3.18. The van der Waals surface area contributed by atoms with Gasteiger partial charge in [0.25, 0.3) is 0 Å². The van der Waals surface area contributed by atoms with Gasteiger partial charge >= 0.3 is 0 Å². The van der Waals surface area contributed by atoms with Crippen molar-refractivity contribution in [1.29, 1.82) is 0 Å². The van der Waals surface area contributed by atoms with Crippen LogP contribution in [0.25, 0.3) is 0 Å². The molecule has 1 amide bonds. The first-order valence-electron chi connectivity index (χ1n) is 6.85. The van der Waals surface area contributed by atoms with E-state index in [2.05, 4.69) is 36.3 Å². The highest BCUT2D eigenvalue weighted by Gasteiger charge is 2.25. The Balaban J connectivity index is 2.21. The van der Waals surface area contributed by atoms with Gasteiger partial charge in [0, 0.05) is 25.7 Å². The Morgan fingerprint density at radius 1 is 1.47 bits per heavy atom. The molecule has 0 spiro atoms. The molecule has 1 saturated heterocycles. The van der Waals surface area contributed by atoms with Crippen molar-refractivity contribution < 1.29 is 4.79 Å². The lowest BCUT2D eigenvalue weighted by Gasteiger charge is -2.37. The van der Waals surface area contributed by atoms with Crippen LogP contribution >= 0.6 is 0 Å². The Bertz CT molecular complexity index is 227. The molecule has 0 unspecified atom stereocenters. The van der Waals surface area contributed by atoms with E-state index in [0.717, 1.165) is 39.0 Å². The highest BCUT2D eigenvalue weighted by Crippen LogP contribution is 2.05. The monoisotopic (exact) mass is 241 g/mol. The van der Waals surface area contributed by atoms with Gasteiger partial charge in [-0.1, -0.05) is 20.8 Å². The van der Waals surface area contributed by atoms with Crippen molar-refractivity contribution in [2.75, 3.05) is 32.7 Å². The Hall–Kier alpha value is -0.610. The summed E-state index contributed by atoms with van der Waals surface area (Å²) in [6.07, 6.45) is 2.17.